The first kappa shape index (κ1) is 7.59. The number of ether oxygens (including phenoxy) is 1. The van der Waals surface area contributed by atoms with E-state index in [9.17, 15) is 4.39 Å². The van der Waals surface area contributed by atoms with E-state index in [4.69, 9.17) is 4.74 Å². The Morgan fingerprint density at radius 2 is 2.33 bits per heavy atom. The predicted molar refractivity (Wildman–Crippen MR) is 45.0 cm³/mol. The average molecular weight is 166 g/mol. The molecule has 1 aromatic rings. The number of hydrogen-bond donors (Lipinski definition) is 0. The number of fused-ring (bicyclic) bond motifs is 1. The molecular weight excluding hydrogens is 155 g/mol. The Bertz CT molecular complexity index is 307. The third-order valence-electron chi connectivity index (χ3n) is 2.21. The van der Waals surface area contributed by atoms with Crippen LogP contribution in [-0.2, 0) is 12.8 Å². The summed E-state index contributed by atoms with van der Waals surface area (Å²) in [7, 11) is 0. The largest absolute Gasteiger partial charge is 0.493 e. The Kier molecular flexibility index (Phi) is 1.75. The smallest absolute Gasteiger partial charge is 0.126 e. The Morgan fingerprint density at radius 1 is 1.50 bits per heavy atom. The summed E-state index contributed by atoms with van der Waals surface area (Å²) >= 11 is 0. The van der Waals surface area contributed by atoms with Crippen molar-refractivity contribution >= 4 is 0 Å². The van der Waals surface area contributed by atoms with Crippen molar-refractivity contribution in [1.29, 1.82) is 0 Å². The summed E-state index contributed by atoms with van der Waals surface area (Å²) < 4.78 is 18.4. The van der Waals surface area contributed by atoms with Gasteiger partial charge in [-0.2, -0.15) is 0 Å². The lowest BCUT2D eigenvalue weighted by Crippen LogP contribution is -1.91. The van der Waals surface area contributed by atoms with Gasteiger partial charge in [0, 0.05) is 12.0 Å². The van der Waals surface area contributed by atoms with Crippen LogP contribution in [0.15, 0.2) is 12.1 Å². The molecule has 0 radical (unpaired) electrons. The van der Waals surface area contributed by atoms with Gasteiger partial charge in [0.25, 0.3) is 0 Å². The van der Waals surface area contributed by atoms with E-state index in [0.29, 0.717) is 6.61 Å². The van der Waals surface area contributed by atoms with Crippen LogP contribution in [0.3, 0.4) is 0 Å². The van der Waals surface area contributed by atoms with E-state index < -0.39 is 0 Å². The van der Waals surface area contributed by atoms with Gasteiger partial charge in [-0.05, 0) is 24.1 Å². The SMILES string of the molecule is CCc1cc(F)cc2c1OCC2. The van der Waals surface area contributed by atoms with Crippen LogP contribution in [0.25, 0.3) is 0 Å². The van der Waals surface area contributed by atoms with E-state index >= 15 is 0 Å². The van der Waals surface area contributed by atoms with E-state index in [1.165, 1.54) is 0 Å². The van der Waals surface area contributed by atoms with Crippen LogP contribution in [0.1, 0.15) is 18.1 Å². The van der Waals surface area contributed by atoms with E-state index in [0.717, 1.165) is 29.7 Å². The summed E-state index contributed by atoms with van der Waals surface area (Å²) in [5, 5.41) is 0. The van der Waals surface area contributed by atoms with E-state index in [1.807, 2.05) is 6.92 Å². The Morgan fingerprint density at radius 3 is 3.08 bits per heavy atom. The molecule has 0 bridgehead atoms. The van der Waals surface area contributed by atoms with Crippen LogP contribution < -0.4 is 4.74 Å². The minimum absolute atomic E-state index is 0.142. The maximum atomic E-state index is 13.0. The van der Waals surface area contributed by atoms with Gasteiger partial charge in [0.05, 0.1) is 6.61 Å². The maximum absolute atomic E-state index is 13.0. The number of benzene rings is 1. The molecule has 0 saturated carbocycles. The number of rotatable bonds is 1. The van der Waals surface area contributed by atoms with Crippen LogP contribution in [-0.4, -0.2) is 6.61 Å². The van der Waals surface area contributed by atoms with Gasteiger partial charge >= 0.3 is 0 Å². The summed E-state index contributed by atoms with van der Waals surface area (Å²) in [5.41, 5.74) is 2.01. The van der Waals surface area contributed by atoms with Crippen LogP contribution in [0.4, 0.5) is 4.39 Å². The van der Waals surface area contributed by atoms with Crippen molar-refractivity contribution in [2.45, 2.75) is 19.8 Å². The van der Waals surface area contributed by atoms with Gasteiger partial charge in [-0.3, -0.25) is 0 Å². The molecule has 1 aliphatic heterocycles. The van der Waals surface area contributed by atoms with Crippen molar-refractivity contribution in [3.63, 3.8) is 0 Å². The van der Waals surface area contributed by atoms with Crippen LogP contribution >= 0.6 is 0 Å². The minimum atomic E-state index is -0.142. The van der Waals surface area contributed by atoms with Gasteiger partial charge in [-0.1, -0.05) is 6.92 Å². The second-order valence-electron chi connectivity index (χ2n) is 3.01. The summed E-state index contributed by atoms with van der Waals surface area (Å²) in [6.07, 6.45) is 1.68. The number of hydrogen-bond acceptors (Lipinski definition) is 1. The third kappa shape index (κ3) is 1.07. The zero-order valence-electron chi connectivity index (χ0n) is 7.06. The maximum Gasteiger partial charge on any atom is 0.126 e. The van der Waals surface area contributed by atoms with Crippen molar-refractivity contribution in [2.24, 2.45) is 0 Å². The van der Waals surface area contributed by atoms with Crippen molar-refractivity contribution in [1.82, 2.24) is 0 Å². The highest BCUT2D eigenvalue weighted by molar-refractivity contribution is 5.44. The first-order valence-electron chi connectivity index (χ1n) is 4.25. The zero-order valence-corrected chi connectivity index (χ0v) is 7.06. The predicted octanol–water partition coefficient (Wildman–Crippen LogP) is 2.32. The molecule has 1 aromatic carbocycles. The lowest BCUT2D eigenvalue weighted by Gasteiger charge is -2.05. The molecule has 0 fully saturated rings. The molecule has 2 heteroatoms. The Balaban J connectivity index is 2.55. The fraction of sp³-hybridized carbons (Fsp3) is 0.400. The second kappa shape index (κ2) is 2.77. The van der Waals surface area contributed by atoms with Crippen molar-refractivity contribution in [3.8, 4) is 5.75 Å². The molecule has 0 amide bonds. The molecule has 12 heavy (non-hydrogen) atoms. The zero-order chi connectivity index (χ0) is 8.55. The van der Waals surface area contributed by atoms with Gasteiger partial charge in [0.15, 0.2) is 0 Å². The molecule has 0 aliphatic carbocycles. The standard InChI is InChI=1S/C10H11FO/c1-2-7-5-9(11)6-8-3-4-12-10(7)8/h5-6H,2-4H2,1H3. The molecule has 1 aliphatic rings. The van der Waals surface area contributed by atoms with Gasteiger partial charge in [0.1, 0.15) is 11.6 Å². The van der Waals surface area contributed by atoms with E-state index in [-0.39, 0.29) is 5.82 Å². The molecular formula is C10H11FO. The first-order chi connectivity index (χ1) is 5.81. The van der Waals surface area contributed by atoms with E-state index in [1.54, 1.807) is 12.1 Å². The lowest BCUT2D eigenvalue weighted by atomic mass is 10.1. The fourth-order valence-corrected chi connectivity index (χ4v) is 1.61. The average Bonchev–Trinajstić information content (AvgIpc) is 2.50. The molecule has 64 valence electrons. The summed E-state index contributed by atoms with van der Waals surface area (Å²) in [4.78, 5) is 0. The highest BCUT2D eigenvalue weighted by atomic mass is 19.1. The monoisotopic (exact) mass is 166 g/mol. The molecule has 0 saturated heterocycles. The summed E-state index contributed by atoms with van der Waals surface area (Å²) in [5.74, 6) is 0.773. The summed E-state index contributed by atoms with van der Waals surface area (Å²) in [6, 6.07) is 3.13. The third-order valence-corrected chi connectivity index (χ3v) is 2.21. The van der Waals surface area contributed by atoms with E-state index in [2.05, 4.69) is 0 Å². The molecule has 0 N–H and O–H groups in total. The quantitative estimate of drug-likeness (QED) is 0.622. The molecule has 0 unspecified atom stereocenters. The lowest BCUT2D eigenvalue weighted by molar-refractivity contribution is 0.353. The van der Waals surface area contributed by atoms with Gasteiger partial charge in [-0.25, -0.2) is 4.39 Å². The fourth-order valence-electron chi connectivity index (χ4n) is 1.61. The van der Waals surface area contributed by atoms with Gasteiger partial charge in [0.2, 0.25) is 0 Å². The van der Waals surface area contributed by atoms with Crippen LogP contribution in [0.5, 0.6) is 5.75 Å². The first-order valence-corrected chi connectivity index (χ1v) is 4.25. The second-order valence-corrected chi connectivity index (χ2v) is 3.01. The summed E-state index contributed by atoms with van der Waals surface area (Å²) in [6.45, 7) is 2.71. The van der Waals surface area contributed by atoms with Gasteiger partial charge < -0.3 is 4.74 Å². The molecule has 2 rings (SSSR count). The Labute approximate surface area is 71.2 Å². The normalized spacial score (nSPS) is 14.2. The molecule has 1 nitrogen and oxygen atoms in total. The number of halogens is 1. The Hall–Kier alpha value is -1.05. The van der Waals surface area contributed by atoms with Crippen molar-refractivity contribution in [3.05, 3.63) is 29.1 Å². The molecule has 0 spiro atoms. The van der Waals surface area contributed by atoms with Crippen LogP contribution in [0.2, 0.25) is 0 Å². The van der Waals surface area contributed by atoms with Gasteiger partial charge in [-0.15, -0.1) is 0 Å². The van der Waals surface area contributed by atoms with Crippen molar-refractivity contribution < 1.29 is 9.13 Å². The topological polar surface area (TPSA) is 9.23 Å². The van der Waals surface area contributed by atoms with Crippen molar-refractivity contribution in [2.75, 3.05) is 6.61 Å². The molecule has 0 atom stereocenters. The highest BCUT2D eigenvalue weighted by Gasteiger charge is 2.16. The molecule has 0 aromatic heterocycles. The number of aryl methyl sites for hydroxylation is 1. The van der Waals surface area contributed by atoms with Crippen LogP contribution in [0, 0.1) is 5.82 Å². The highest BCUT2D eigenvalue weighted by Crippen LogP contribution is 2.30. The minimum Gasteiger partial charge on any atom is -0.493 e. The molecule has 1 heterocycles.